The van der Waals surface area contributed by atoms with Crippen molar-refractivity contribution in [2.45, 2.75) is 24.7 Å². The molecular weight excluding hydrogens is 354 g/mol. The molecule has 1 aliphatic heterocycles. The maximum Gasteiger partial charge on any atom is 0.256 e. The number of nitrogens with zero attached hydrogens (tertiary/aromatic N) is 2. The Morgan fingerprint density at radius 3 is 2.62 bits per heavy atom. The van der Waals surface area contributed by atoms with Crippen LogP contribution in [0.1, 0.15) is 16.8 Å². The van der Waals surface area contributed by atoms with Gasteiger partial charge in [0.2, 0.25) is 5.75 Å². The third-order valence-electron chi connectivity index (χ3n) is 4.50. The van der Waals surface area contributed by atoms with Crippen LogP contribution in [-0.2, 0) is 19.5 Å². The second-order valence-electron chi connectivity index (χ2n) is 5.95. The number of ether oxygens (including phenoxy) is 3. The zero-order valence-electron chi connectivity index (χ0n) is 15.4. The van der Waals surface area contributed by atoms with Crippen LogP contribution in [0.25, 0.3) is 0 Å². The Labute approximate surface area is 156 Å². The van der Waals surface area contributed by atoms with Crippen molar-refractivity contribution >= 4 is 11.8 Å². The fourth-order valence-electron chi connectivity index (χ4n) is 3.22. The number of nitrogens with one attached hydrogen (secondary N) is 1. The standard InChI is InChI=1S/C18H23N3O4S/c1-23-14-6-5-11(15(24-2)16(14)25-3)9-21-8-7-13-12(10-21)17(22)20-18(19-13)26-4/h5-6H,7-10H2,1-4H3,(H,19,20,22). The molecule has 1 aromatic heterocycles. The molecule has 0 radical (unpaired) electrons. The van der Waals surface area contributed by atoms with Gasteiger partial charge in [-0.1, -0.05) is 17.8 Å². The predicted octanol–water partition coefficient (Wildman–Crippen LogP) is 2.08. The molecule has 0 atom stereocenters. The highest BCUT2D eigenvalue weighted by Gasteiger charge is 2.23. The highest BCUT2D eigenvalue weighted by atomic mass is 32.2. The summed E-state index contributed by atoms with van der Waals surface area (Å²) in [5.41, 5.74) is 2.57. The molecule has 3 rings (SSSR count). The number of aromatic amines is 1. The molecular formula is C18H23N3O4S. The van der Waals surface area contributed by atoms with Gasteiger partial charge in [0.1, 0.15) is 0 Å². The lowest BCUT2D eigenvalue weighted by Crippen LogP contribution is -2.35. The van der Waals surface area contributed by atoms with Crippen LogP contribution in [0.4, 0.5) is 0 Å². The van der Waals surface area contributed by atoms with Gasteiger partial charge in [0, 0.05) is 31.6 Å². The van der Waals surface area contributed by atoms with E-state index in [0.29, 0.717) is 35.5 Å². The van der Waals surface area contributed by atoms with Gasteiger partial charge in [-0.05, 0) is 12.3 Å². The largest absolute Gasteiger partial charge is 0.493 e. The van der Waals surface area contributed by atoms with Gasteiger partial charge in [-0.2, -0.15) is 0 Å². The number of thioether (sulfide) groups is 1. The van der Waals surface area contributed by atoms with Gasteiger partial charge in [-0.25, -0.2) is 4.98 Å². The van der Waals surface area contributed by atoms with Gasteiger partial charge in [-0.3, -0.25) is 9.69 Å². The number of benzene rings is 1. The summed E-state index contributed by atoms with van der Waals surface area (Å²) in [4.78, 5) is 21.9. The Morgan fingerprint density at radius 1 is 1.19 bits per heavy atom. The molecule has 0 aliphatic carbocycles. The summed E-state index contributed by atoms with van der Waals surface area (Å²) in [5.74, 6) is 1.86. The molecule has 0 saturated carbocycles. The summed E-state index contributed by atoms with van der Waals surface area (Å²) in [6.07, 6.45) is 2.66. The second kappa shape index (κ2) is 8.01. The maximum atomic E-state index is 12.4. The minimum Gasteiger partial charge on any atom is -0.493 e. The van der Waals surface area contributed by atoms with E-state index < -0.39 is 0 Å². The first kappa shape index (κ1) is 18.6. The van der Waals surface area contributed by atoms with Crippen LogP contribution in [0.15, 0.2) is 22.1 Å². The molecule has 0 amide bonds. The number of hydrogen-bond acceptors (Lipinski definition) is 7. The highest BCUT2D eigenvalue weighted by molar-refractivity contribution is 7.98. The first-order valence-electron chi connectivity index (χ1n) is 8.27. The molecule has 1 N–H and O–H groups in total. The lowest BCUT2D eigenvalue weighted by molar-refractivity contribution is 0.235. The number of H-pyrrole nitrogens is 1. The topological polar surface area (TPSA) is 76.7 Å². The smallest absolute Gasteiger partial charge is 0.256 e. The van der Waals surface area contributed by atoms with Crippen LogP contribution in [-0.4, -0.2) is 49.0 Å². The van der Waals surface area contributed by atoms with Crippen LogP contribution >= 0.6 is 11.8 Å². The van der Waals surface area contributed by atoms with Gasteiger partial charge in [-0.15, -0.1) is 0 Å². The average Bonchev–Trinajstić information content (AvgIpc) is 2.67. The highest BCUT2D eigenvalue weighted by Crippen LogP contribution is 2.40. The van der Waals surface area contributed by atoms with Gasteiger partial charge >= 0.3 is 0 Å². The minimum absolute atomic E-state index is 0.0525. The summed E-state index contributed by atoms with van der Waals surface area (Å²) in [5, 5.41) is 0.670. The van der Waals surface area contributed by atoms with E-state index in [1.165, 1.54) is 11.8 Å². The Kier molecular flexibility index (Phi) is 5.73. The first-order valence-corrected chi connectivity index (χ1v) is 9.50. The van der Waals surface area contributed by atoms with Crippen LogP contribution in [0.5, 0.6) is 17.2 Å². The van der Waals surface area contributed by atoms with Crippen molar-refractivity contribution < 1.29 is 14.2 Å². The van der Waals surface area contributed by atoms with E-state index in [4.69, 9.17) is 14.2 Å². The molecule has 0 bridgehead atoms. The van der Waals surface area contributed by atoms with Crippen molar-refractivity contribution in [2.24, 2.45) is 0 Å². The number of hydrogen-bond donors (Lipinski definition) is 1. The summed E-state index contributed by atoms with van der Waals surface area (Å²) >= 11 is 1.45. The van der Waals surface area contributed by atoms with E-state index in [-0.39, 0.29) is 5.56 Å². The van der Waals surface area contributed by atoms with E-state index in [1.807, 2.05) is 18.4 Å². The molecule has 2 heterocycles. The monoisotopic (exact) mass is 377 g/mol. The Bertz CT molecular complexity index is 853. The van der Waals surface area contributed by atoms with Crippen molar-refractivity contribution in [2.75, 3.05) is 34.1 Å². The third-order valence-corrected chi connectivity index (χ3v) is 5.08. The van der Waals surface area contributed by atoms with Gasteiger partial charge < -0.3 is 19.2 Å². The number of fused-ring (bicyclic) bond motifs is 1. The molecule has 0 spiro atoms. The summed E-state index contributed by atoms with van der Waals surface area (Å²) in [6, 6.07) is 3.84. The van der Waals surface area contributed by atoms with E-state index in [1.54, 1.807) is 21.3 Å². The Balaban J connectivity index is 1.86. The zero-order valence-corrected chi connectivity index (χ0v) is 16.2. The molecule has 1 aliphatic rings. The van der Waals surface area contributed by atoms with Crippen LogP contribution in [0, 0.1) is 0 Å². The maximum absolute atomic E-state index is 12.4. The van der Waals surface area contributed by atoms with Crippen molar-refractivity contribution in [3.8, 4) is 17.2 Å². The SMILES string of the molecule is COc1ccc(CN2CCc3nc(SC)[nH]c(=O)c3C2)c(OC)c1OC. The van der Waals surface area contributed by atoms with E-state index in [0.717, 1.165) is 29.8 Å². The molecule has 7 nitrogen and oxygen atoms in total. The van der Waals surface area contributed by atoms with Crippen LogP contribution in [0.3, 0.4) is 0 Å². The molecule has 0 fully saturated rings. The number of aromatic nitrogens is 2. The molecule has 0 saturated heterocycles. The van der Waals surface area contributed by atoms with E-state index >= 15 is 0 Å². The normalized spacial score (nSPS) is 14.0. The lowest BCUT2D eigenvalue weighted by Gasteiger charge is -2.28. The fourth-order valence-corrected chi connectivity index (χ4v) is 3.61. The van der Waals surface area contributed by atoms with Crippen molar-refractivity contribution in [3.05, 3.63) is 39.3 Å². The summed E-state index contributed by atoms with van der Waals surface area (Å²) in [7, 11) is 4.81. The molecule has 1 aromatic carbocycles. The van der Waals surface area contributed by atoms with Crippen molar-refractivity contribution in [1.82, 2.24) is 14.9 Å². The fraction of sp³-hybridized carbons (Fsp3) is 0.444. The second-order valence-corrected chi connectivity index (χ2v) is 6.75. The molecule has 2 aromatic rings. The van der Waals surface area contributed by atoms with Gasteiger partial charge in [0.05, 0.1) is 32.6 Å². The van der Waals surface area contributed by atoms with Crippen molar-refractivity contribution in [1.29, 1.82) is 0 Å². The molecule has 0 unspecified atom stereocenters. The molecule has 26 heavy (non-hydrogen) atoms. The summed E-state index contributed by atoms with van der Waals surface area (Å²) in [6.45, 7) is 2.03. The first-order chi connectivity index (χ1) is 12.6. The van der Waals surface area contributed by atoms with Crippen LogP contribution in [0.2, 0.25) is 0 Å². The minimum atomic E-state index is -0.0525. The number of methoxy groups -OCH3 is 3. The van der Waals surface area contributed by atoms with Gasteiger partial charge in [0.15, 0.2) is 16.7 Å². The molecule has 140 valence electrons. The lowest BCUT2D eigenvalue weighted by atomic mass is 10.1. The Hall–Kier alpha value is -2.19. The Morgan fingerprint density at radius 2 is 1.96 bits per heavy atom. The molecule has 8 heteroatoms. The number of rotatable bonds is 6. The van der Waals surface area contributed by atoms with Gasteiger partial charge in [0.25, 0.3) is 5.56 Å². The summed E-state index contributed by atoms with van der Waals surface area (Å²) < 4.78 is 16.3. The quantitative estimate of drug-likeness (QED) is 0.610. The predicted molar refractivity (Wildman–Crippen MR) is 101 cm³/mol. The van der Waals surface area contributed by atoms with E-state index in [9.17, 15) is 4.79 Å². The third kappa shape index (κ3) is 3.52. The zero-order chi connectivity index (χ0) is 18.7. The van der Waals surface area contributed by atoms with E-state index in [2.05, 4.69) is 14.9 Å². The van der Waals surface area contributed by atoms with Crippen LogP contribution < -0.4 is 19.8 Å². The van der Waals surface area contributed by atoms with Crippen molar-refractivity contribution in [3.63, 3.8) is 0 Å². The average molecular weight is 377 g/mol.